The van der Waals surface area contributed by atoms with E-state index in [0.29, 0.717) is 5.03 Å². The third-order valence-corrected chi connectivity index (χ3v) is 3.17. The second-order valence-corrected chi connectivity index (χ2v) is 4.72. The Balaban J connectivity index is 1.92. The summed E-state index contributed by atoms with van der Waals surface area (Å²) in [7, 11) is 0. The van der Waals surface area contributed by atoms with Crippen molar-refractivity contribution < 1.29 is 13.6 Å². The molecule has 1 heterocycles. The Morgan fingerprint density at radius 3 is 2.80 bits per heavy atom. The molecule has 0 radical (unpaired) electrons. The number of rotatable bonds is 4. The highest BCUT2D eigenvalue weighted by Gasteiger charge is 2.07. The van der Waals surface area contributed by atoms with Gasteiger partial charge in [0.2, 0.25) is 5.91 Å². The van der Waals surface area contributed by atoms with Crippen molar-refractivity contribution in [3.63, 3.8) is 0 Å². The lowest BCUT2D eigenvalue weighted by atomic mass is 10.3. The molecule has 20 heavy (non-hydrogen) atoms. The number of carbonyl (C=O) groups excluding carboxylic acids is 1. The number of H-pyrrole nitrogens is 1. The van der Waals surface area contributed by atoms with Crippen molar-refractivity contribution in [1.29, 1.82) is 0 Å². The fraction of sp³-hybridized carbons (Fsp3) is 0.0833. The zero-order valence-electron chi connectivity index (χ0n) is 10.0. The van der Waals surface area contributed by atoms with Gasteiger partial charge < -0.3 is 10.3 Å². The van der Waals surface area contributed by atoms with Crippen LogP contribution in [0.1, 0.15) is 0 Å². The molecule has 0 saturated heterocycles. The number of nitrogens with zero attached hydrogens (tertiary/aromatic N) is 1. The Kier molecular flexibility index (Phi) is 4.46. The van der Waals surface area contributed by atoms with Crippen LogP contribution in [0, 0.1) is 11.6 Å². The largest absolute Gasteiger partial charge is 0.345 e. The summed E-state index contributed by atoms with van der Waals surface area (Å²) in [5, 5.41) is 2.91. The number of thioether (sulfide) groups is 1. The lowest BCUT2D eigenvalue weighted by Crippen LogP contribution is -2.15. The molecule has 0 saturated carbocycles. The predicted octanol–water partition coefficient (Wildman–Crippen LogP) is 1.78. The molecule has 0 aliphatic heterocycles. The number of benzene rings is 1. The van der Waals surface area contributed by atoms with Crippen LogP contribution in [-0.4, -0.2) is 21.6 Å². The average molecular weight is 297 g/mol. The van der Waals surface area contributed by atoms with Crippen LogP contribution in [0.25, 0.3) is 0 Å². The van der Waals surface area contributed by atoms with E-state index >= 15 is 0 Å². The highest BCUT2D eigenvalue weighted by atomic mass is 32.2. The third-order valence-electron chi connectivity index (χ3n) is 2.21. The van der Waals surface area contributed by atoms with Gasteiger partial charge in [-0.15, -0.1) is 0 Å². The van der Waals surface area contributed by atoms with Gasteiger partial charge in [0.25, 0.3) is 0 Å². The van der Waals surface area contributed by atoms with Crippen LogP contribution < -0.4 is 11.0 Å². The molecule has 0 aliphatic carbocycles. The standard InChI is InChI=1S/C12H9F2N3O2S/c13-8-2-1-7(5-9(8)14)16-10(18)6-20-11-3-4-15-12(19)17-11/h1-5H,6H2,(H,16,18)(H,15,17,19). The number of halogens is 2. The summed E-state index contributed by atoms with van der Waals surface area (Å²) in [4.78, 5) is 28.4. The zero-order chi connectivity index (χ0) is 14.5. The van der Waals surface area contributed by atoms with Gasteiger partial charge in [-0.05, 0) is 18.2 Å². The summed E-state index contributed by atoms with van der Waals surface area (Å²) in [5.41, 5.74) is -0.339. The molecule has 104 valence electrons. The molecule has 0 spiro atoms. The molecule has 2 aromatic rings. The van der Waals surface area contributed by atoms with Crippen LogP contribution >= 0.6 is 11.8 Å². The number of carbonyl (C=O) groups is 1. The van der Waals surface area contributed by atoms with Crippen molar-refractivity contribution in [2.24, 2.45) is 0 Å². The molecule has 2 rings (SSSR count). The van der Waals surface area contributed by atoms with Crippen molar-refractivity contribution in [3.05, 3.63) is 52.6 Å². The van der Waals surface area contributed by atoms with Gasteiger partial charge in [0.1, 0.15) is 0 Å². The Labute approximate surface area is 116 Å². The normalized spacial score (nSPS) is 10.3. The van der Waals surface area contributed by atoms with Gasteiger partial charge in [0.05, 0.1) is 10.8 Å². The summed E-state index contributed by atoms with van der Waals surface area (Å²) in [6, 6.07) is 4.64. The number of amides is 1. The fourth-order valence-electron chi connectivity index (χ4n) is 1.35. The monoisotopic (exact) mass is 297 g/mol. The van der Waals surface area contributed by atoms with Crippen LogP contribution in [-0.2, 0) is 4.79 Å². The molecule has 2 N–H and O–H groups in total. The van der Waals surface area contributed by atoms with E-state index in [2.05, 4.69) is 15.3 Å². The Hall–Kier alpha value is -2.22. The van der Waals surface area contributed by atoms with E-state index in [1.807, 2.05) is 0 Å². The Morgan fingerprint density at radius 1 is 1.30 bits per heavy atom. The first-order valence-electron chi connectivity index (χ1n) is 5.47. The average Bonchev–Trinajstić information content (AvgIpc) is 2.41. The van der Waals surface area contributed by atoms with E-state index in [4.69, 9.17) is 0 Å². The fourth-order valence-corrected chi connectivity index (χ4v) is 2.03. The van der Waals surface area contributed by atoms with Crippen LogP contribution in [0.2, 0.25) is 0 Å². The number of aromatic amines is 1. The first-order valence-corrected chi connectivity index (χ1v) is 6.46. The third kappa shape index (κ3) is 3.89. The molecule has 1 aromatic carbocycles. The first kappa shape index (κ1) is 14.2. The summed E-state index contributed by atoms with van der Waals surface area (Å²) in [5.74, 6) is -2.40. The highest BCUT2D eigenvalue weighted by molar-refractivity contribution is 7.99. The summed E-state index contributed by atoms with van der Waals surface area (Å²) >= 11 is 1.09. The number of anilines is 1. The topological polar surface area (TPSA) is 74.8 Å². The maximum Gasteiger partial charge on any atom is 0.345 e. The lowest BCUT2D eigenvalue weighted by Gasteiger charge is -2.05. The minimum absolute atomic E-state index is 0.0128. The van der Waals surface area contributed by atoms with Gasteiger partial charge in [0, 0.05) is 18.0 Å². The molecule has 0 bridgehead atoms. The van der Waals surface area contributed by atoms with Crippen molar-refractivity contribution in [2.45, 2.75) is 5.03 Å². The van der Waals surface area contributed by atoms with Crippen LogP contribution in [0.3, 0.4) is 0 Å². The van der Waals surface area contributed by atoms with Crippen LogP contribution in [0.5, 0.6) is 0 Å². The van der Waals surface area contributed by atoms with Crippen molar-refractivity contribution in [2.75, 3.05) is 11.1 Å². The lowest BCUT2D eigenvalue weighted by molar-refractivity contribution is -0.113. The summed E-state index contributed by atoms with van der Waals surface area (Å²) in [6.07, 6.45) is 1.33. The van der Waals surface area contributed by atoms with Crippen molar-refractivity contribution in [3.8, 4) is 0 Å². The molecule has 1 amide bonds. The second kappa shape index (κ2) is 6.29. The van der Waals surface area contributed by atoms with E-state index in [9.17, 15) is 18.4 Å². The quantitative estimate of drug-likeness (QED) is 0.666. The molecule has 8 heteroatoms. The van der Waals surface area contributed by atoms with Gasteiger partial charge in [-0.1, -0.05) is 11.8 Å². The molecule has 1 aromatic heterocycles. The van der Waals surface area contributed by atoms with Crippen LogP contribution in [0.15, 0.2) is 40.3 Å². The second-order valence-electron chi connectivity index (χ2n) is 3.70. The van der Waals surface area contributed by atoms with Gasteiger partial charge in [-0.2, -0.15) is 0 Å². The minimum atomic E-state index is -1.03. The number of aromatic nitrogens is 2. The van der Waals surface area contributed by atoms with E-state index in [-0.39, 0.29) is 11.4 Å². The molecule has 5 nitrogen and oxygen atoms in total. The summed E-state index contributed by atoms with van der Waals surface area (Å²) in [6.45, 7) is 0. The minimum Gasteiger partial charge on any atom is -0.325 e. The molecular weight excluding hydrogens is 288 g/mol. The van der Waals surface area contributed by atoms with Gasteiger partial charge in [-0.25, -0.2) is 18.6 Å². The Morgan fingerprint density at radius 2 is 2.10 bits per heavy atom. The van der Waals surface area contributed by atoms with E-state index in [1.54, 1.807) is 6.07 Å². The maximum absolute atomic E-state index is 12.9. The van der Waals surface area contributed by atoms with Gasteiger partial charge in [0.15, 0.2) is 11.6 Å². The van der Waals surface area contributed by atoms with E-state index in [1.165, 1.54) is 12.3 Å². The van der Waals surface area contributed by atoms with Crippen LogP contribution in [0.4, 0.5) is 14.5 Å². The van der Waals surface area contributed by atoms with Crippen molar-refractivity contribution >= 4 is 23.4 Å². The van der Waals surface area contributed by atoms with Gasteiger partial charge in [-0.3, -0.25) is 4.79 Å². The molecule has 0 aliphatic rings. The Bertz CT molecular complexity index is 690. The first-order chi connectivity index (χ1) is 9.54. The van der Waals surface area contributed by atoms with E-state index in [0.717, 1.165) is 23.9 Å². The molecule has 0 fully saturated rings. The van der Waals surface area contributed by atoms with Crippen molar-refractivity contribution in [1.82, 2.24) is 9.97 Å². The predicted molar refractivity (Wildman–Crippen MR) is 70.6 cm³/mol. The smallest absolute Gasteiger partial charge is 0.325 e. The maximum atomic E-state index is 12.9. The zero-order valence-corrected chi connectivity index (χ0v) is 10.8. The SMILES string of the molecule is O=C(CSc1ccnc(=O)[nH]1)Nc1ccc(F)c(F)c1. The molecule has 0 atom stereocenters. The van der Waals surface area contributed by atoms with E-state index < -0.39 is 23.2 Å². The number of hydrogen-bond acceptors (Lipinski definition) is 4. The number of nitrogens with one attached hydrogen (secondary N) is 2. The number of hydrogen-bond donors (Lipinski definition) is 2. The summed E-state index contributed by atoms with van der Waals surface area (Å²) < 4.78 is 25.7. The van der Waals surface area contributed by atoms with Gasteiger partial charge >= 0.3 is 5.69 Å². The molecular formula is C12H9F2N3O2S. The highest BCUT2D eigenvalue weighted by Crippen LogP contribution is 2.15. The molecule has 0 unspecified atom stereocenters.